The Kier molecular flexibility index (Phi) is 3.37. The van der Waals surface area contributed by atoms with E-state index in [0.717, 1.165) is 23.2 Å². The second-order valence-corrected chi connectivity index (χ2v) is 6.95. The maximum Gasteiger partial charge on any atom is 0.264 e. The van der Waals surface area contributed by atoms with Gasteiger partial charge in [0.2, 0.25) is 0 Å². The second-order valence-electron chi connectivity index (χ2n) is 5.09. The molecule has 0 aliphatic carbocycles. The number of anilines is 1. The van der Waals surface area contributed by atoms with Gasteiger partial charge in [0.15, 0.2) is 0 Å². The molecule has 0 saturated heterocycles. The third-order valence-electron chi connectivity index (χ3n) is 3.80. The van der Waals surface area contributed by atoms with Crippen LogP contribution in [0.15, 0.2) is 47.4 Å². The molecule has 0 spiro atoms. The summed E-state index contributed by atoms with van der Waals surface area (Å²) in [6.07, 6.45) is 0.756. The van der Waals surface area contributed by atoms with E-state index in [9.17, 15) is 8.42 Å². The van der Waals surface area contributed by atoms with E-state index in [0.29, 0.717) is 17.2 Å². The molecule has 2 aromatic carbocycles. The van der Waals surface area contributed by atoms with Gasteiger partial charge >= 0.3 is 0 Å². The molecule has 0 saturated carbocycles. The second kappa shape index (κ2) is 5.07. The Morgan fingerprint density at radius 1 is 1.10 bits per heavy atom. The minimum atomic E-state index is -3.52. The van der Waals surface area contributed by atoms with Crippen LogP contribution in [0.2, 0.25) is 0 Å². The summed E-state index contributed by atoms with van der Waals surface area (Å²) in [6, 6.07) is 12.4. The van der Waals surface area contributed by atoms with Gasteiger partial charge in [-0.3, -0.25) is 4.31 Å². The Labute approximate surface area is 125 Å². The van der Waals surface area contributed by atoms with Gasteiger partial charge < -0.3 is 4.74 Å². The summed E-state index contributed by atoms with van der Waals surface area (Å²) in [5, 5.41) is 0. The zero-order valence-electron chi connectivity index (χ0n) is 12.0. The first-order valence-electron chi connectivity index (χ1n) is 6.79. The van der Waals surface area contributed by atoms with Crippen molar-refractivity contribution >= 4 is 15.7 Å². The number of para-hydroxylation sites is 1. The Balaban J connectivity index is 2.05. The highest BCUT2D eigenvalue weighted by Crippen LogP contribution is 2.35. The van der Waals surface area contributed by atoms with Crippen LogP contribution >= 0.6 is 0 Å². The first-order chi connectivity index (χ1) is 10.0. The Morgan fingerprint density at radius 3 is 2.48 bits per heavy atom. The molecule has 0 bridgehead atoms. The zero-order valence-corrected chi connectivity index (χ0v) is 12.9. The molecule has 21 heavy (non-hydrogen) atoms. The number of aryl methyl sites for hydroxylation is 1. The number of sulfonamides is 1. The van der Waals surface area contributed by atoms with Crippen LogP contribution in [0.5, 0.6) is 5.75 Å². The molecule has 3 rings (SSSR count). The molecule has 0 aromatic heterocycles. The lowest BCUT2D eigenvalue weighted by molar-refractivity contribution is 0.414. The van der Waals surface area contributed by atoms with Crippen molar-refractivity contribution in [2.24, 2.45) is 0 Å². The number of benzene rings is 2. The third-order valence-corrected chi connectivity index (χ3v) is 5.62. The van der Waals surface area contributed by atoms with E-state index in [-0.39, 0.29) is 0 Å². The first kappa shape index (κ1) is 13.9. The summed E-state index contributed by atoms with van der Waals surface area (Å²) in [6.45, 7) is 2.44. The number of hydrogen-bond acceptors (Lipinski definition) is 3. The van der Waals surface area contributed by atoms with Crippen molar-refractivity contribution in [2.75, 3.05) is 18.0 Å². The smallest absolute Gasteiger partial charge is 0.264 e. The van der Waals surface area contributed by atoms with Crippen molar-refractivity contribution in [3.8, 4) is 5.75 Å². The predicted molar refractivity (Wildman–Crippen MR) is 82.4 cm³/mol. The van der Waals surface area contributed by atoms with Gasteiger partial charge in [-0.2, -0.15) is 0 Å². The Bertz CT molecular complexity index is 767. The summed E-state index contributed by atoms with van der Waals surface area (Å²) in [7, 11) is -1.96. The molecule has 0 N–H and O–H groups in total. The van der Waals surface area contributed by atoms with Crippen LogP contribution in [0.3, 0.4) is 0 Å². The molecule has 0 amide bonds. The molecule has 110 valence electrons. The van der Waals surface area contributed by atoms with Gasteiger partial charge in [-0.1, -0.05) is 18.2 Å². The van der Waals surface area contributed by atoms with E-state index in [1.165, 1.54) is 4.31 Å². The average Bonchev–Trinajstić information content (AvgIpc) is 2.93. The molecular weight excluding hydrogens is 286 g/mol. The predicted octanol–water partition coefficient (Wildman–Crippen LogP) is 2.76. The molecule has 0 unspecified atom stereocenters. The molecule has 0 radical (unpaired) electrons. The van der Waals surface area contributed by atoms with Gasteiger partial charge in [0.25, 0.3) is 10.0 Å². The number of hydrogen-bond donors (Lipinski definition) is 0. The fourth-order valence-corrected chi connectivity index (χ4v) is 4.30. The van der Waals surface area contributed by atoms with Crippen LogP contribution < -0.4 is 9.04 Å². The van der Waals surface area contributed by atoms with E-state index >= 15 is 0 Å². The first-order valence-corrected chi connectivity index (χ1v) is 8.23. The van der Waals surface area contributed by atoms with Crippen LogP contribution in [0.25, 0.3) is 0 Å². The van der Waals surface area contributed by atoms with E-state index in [2.05, 4.69) is 0 Å². The number of methoxy groups -OCH3 is 1. The molecule has 0 atom stereocenters. The summed E-state index contributed by atoms with van der Waals surface area (Å²) < 4.78 is 32.3. The Morgan fingerprint density at radius 2 is 1.81 bits per heavy atom. The van der Waals surface area contributed by atoms with Crippen LogP contribution in [-0.4, -0.2) is 22.1 Å². The number of fused-ring (bicyclic) bond motifs is 1. The summed E-state index contributed by atoms with van der Waals surface area (Å²) >= 11 is 0. The summed E-state index contributed by atoms with van der Waals surface area (Å²) in [5.74, 6) is 0.645. The minimum absolute atomic E-state index is 0.291. The molecular formula is C16H17NO3S. The van der Waals surface area contributed by atoms with Crippen molar-refractivity contribution in [2.45, 2.75) is 18.2 Å². The molecule has 0 fully saturated rings. The standard InChI is InChI=1S/C16H17NO3S/c1-12-4-3-5-13-10-11-17(16(12)13)21(18,19)15-8-6-14(20-2)7-9-15/h3-9H,10-11H2,1-2H3. The molecule has 5 heteroatoms. The van der Waals surface area contributed by atoms with Gasteiger partial charge in [-0.25, -0.2) is 8.42 Å². The fourth-order valence-electron chi connectivity index (χ4n) is 2.73. The van der Waals surface area contributed by atoms with Gasteiger partial charge in [0.1, 0.15) is 5.75 Å². The van der Waals surface area contributed by atoms with E-state index in [4.69, 9.17) is 4.74 Å². The largest absolute Gasteiger partial charge is 0.497 e. The summed E-state index contributed by atoms with van der Waals surface area (Å²) in [4.78, 5) is 0.291. The Hall–Kier alpha value is -2.01. The SMILES string of the molecule is COc1ccc(S(=O)(=O)N2CCc3cccc(C)c32)cc1. The molecule has 4 nitrogen and oxygen atoms in total. The highest BCUT2D eigenvalue weighted by atomic mass is 32.2. The molecule has 1 aliphatic heterocycles. The van der Waals surface area contributed by atoms with Crippen LogP contribution in [-0.2, 0) is 16.4 Å². The van der Waals surface area contributed by atoms with E-state index in [1.54, 1.807) is 31.4 Å². The minimum Gasteiger partial charge on any atom is -0.497 e. The zero-order chi connectivity index (χ0) is 15.0. The maximum atomic E-state index is 12.8. The van der Waals surface area contributed by atoms with Gasteiger partial charge in [-0.05, 0) is 48.7 Å². The molecule has 1 heterocycles. The van der Waals surface area contributed by atoms with Crippen molar-refractivity contribution in [1.29, 1.82) is 0 Å². The van der Waals surface area contributed by atoms with Crippen LogP contribution in [0.4, 0.5) is 5.69 Å². The lowest BCUT2D eigenvalue weighted by atomic mass is 10.1. The third kappa shape index (κ3) is 2.27. The number of nitrogens with zero attached hydrogens (tertiary/aromatic N) is 1. The van der Waals surface area contributed by atoms with Gasteiger partial charge in [0, 0.05) is 6.54 Å². The van der Waals surface area contributed by atoms with Crippen molar-refractivity contribution in [1.82, 2.24) is 0 Å². The lowest BCUT2D eigenvalue weighted by Crippen LogP contribution is -2.29. The van der Waals surface area contributed by atoms with E-state index < -0.39 is 10.0 Å². The monoisotopic (exact) mass is 303 g/mol. The number of rotatable bonds is 3. The van der Waals surface area contributed by atoms with Gasteiger partial charge in [-0.15, -0.1) is 0 Å². The molecule has 1 aliphatic rings. The highest BCUT2D eigenvalue weighted by molar-refractivity contribution is 7.92. The van der Waals surface area contributed by atoms with Crippen molar-refractivity contribution < 1.29 is 13.2 Å². The molecule has 2 aromatic rings. The van der Waals surface area contributed by atoms with Crippen molar-refractivity contribution in [3.05, 3.63) is 53.6 Å². The van der Waals surface area contributed by atoms with E-state index in [1.807, 2.05) is 25.1 Å². The lowest BCUT2D eigenvalue weighted by Gasteiger charge is -2.21. The maximum absolute atomic E-state index is 12.8. The average molecular weight is 303 g/mol. The number of ether oxygens (including phenoxy) is 1. The normalized spacial score (nSPS) is 14.1. The van der Waals surface area contributed by atoms with Gasteiger partial charge in [0.05, 0.1) is 17.7 Å². The highest BCUT2D eigenvalue weighted by Gasteiger charge is 2.31. The quantitative estimate of drug-likeness (QED) is 0.876. The van der Waals surface area contributed by atoms with Crippen LogP contribution in [0, 0.1) is 6.92 Å². The van der Waals surface area contributed by atoms with Crippen LogP contribution in [0.1, 0.15) is 11.1 Å². The summed E-state index contributed by atoms with van der Waals surface area (Å²) in [5.41, 5.74) is 2.91. The fraction of sp³-hybridized carbons (Fsp3) is 0.250. The topological polar surface area (TPSA) is 46.6 Å². The van der Waals surface area contributed by atoms with Crippen molar-refractivity contribution in [3.63, 3.8) is 0 Å².